The number of aryl methyl sites for hydroxylation is 1. The van der Waals surface area contributed by atoms with E-state index >= 15 is 0 Å². The molecule has 0 spiro atoms. The van der Waals surface area contributed by atoms with Crippen LogP contribution in [0.4, 0.5) is 0 Å². The molecule has 1 heterocycles. The van der Waals surface area contributed by atoms with E-state index in [0.717, 1.165) is 27.7 Å². The number of hydrogen-bond acceptors (Lipinski definition) is 2. The van der Waals surface area contributed by atoms with Crippen LogP contribution in [0, 0.1) is 6.92 Å². The van der Waals surface area contributed by atoms with Gasteiger partial charge in [0.2, 0.25) is 0 Å². The topological polar surface area (TPSA) is 51.5 Å². The highest BCUT2D eigenvalue weighted by Gasteiger charge is 2.18. The minimum atomic E-state index is -0.943. The van der Waals surface area contributed by atoms with Crippen molar-refractivity contribution in [3.05, 3.63) is 53.7 Å². The molecule has 22 heavy (non-hydrogen) atoms. The lowest BCUT2D eigenvalue weighted by atomic mass is 9.99. The van der Waals surface area contributed by atoms with E-state index in [1.807, 2.05) is 32.2 Å². The van der Waals surface area contributed by atoms with Gasteiger partial charge < -0.3 is 14.4 Å². The first-order valence-corrected chi connectivity index (χ1v) is 7.00. The number of fused-ring (bicyclic) bond motifs is 1. The zero-order valence-corrected chi connectivity index (χ0v) is 12.8. The normalized spacial score (nSPS) is 10.9. The second kappa shape index (κ2) is 5.22. The predicted molar refractivity (Wildman–Crippen MR) is 86.6 cm³/mol. The Hall–Kier alpha value is -2.75. The van der Waals surface area contributed by atoms with Gasteiger partial charge in [-0.05, 0) is 31.2 Å². The third-order valence-corrected chi connectivity index (χ3v) is 4.12. The van der Waals surface area contributed by atoms with Gasteiger partial charge in [0.1, 0.15) is 5.75 Å². The number of benzene rings is 2. The molecule has 4 nitrogen and oxygen atoms in total. The number of hydrogen-bond donors (Lipinski definition) is 1. The zero-order valence-electron chi connectivity index (χ0n) is 12.8. The summed E-state index contributed by atoms with van der Waals surface area (Å²) >= 11 is 0. The fourth-order valence-electron chi connectivity index (χ4n) is 2.90. The molecule has 4 heteroatoms. The molecule has 112 valence electrons. The Morgan fingerprint density at radius 2 is 1.91 bits per heavy atom. The summed E-state index contributed by atoms with van der Waals surface area (Å²) in [7, 11) is 3.61. The monoisotopic (exact) mass is 295 g/mol. The maximum atomic E-state index is 11.3. The summed E-state index contributed by atoms with van der Waals surface area (Å²) < 4.78 is 7.55. The van der Waals surface area contributed by atoms with Crippen molar-refractivity contribution >= 4 is 16.9 Å². The molecule has 3 rings (SSSR count). The Morgan fingerprint density at radius 1 is 1.18 bits per heavy atom. The zero-order chi connectivity index (χ0) is 15.9. The van der Waals surface area contributed by atoms with E-state index < -0.39 is 5.97 Å². The molecule has 1 aromatic heterocycles. The van der Waals surface area contributed by atoms with Gasteiger partial charge in [-0.1, -0.05) is 18.2 Å². The van der Waals surface area contributed by atoms with Gasteiger partial charge in [0.25, 0.3) is 0 Å². The quantitative estimate of drug-likeness (QED) is 0.798. The molecule has 0 unspecified atom stereocenters. The molecule has 0 fully saturated rings. The van der Waals surface area contributed by atoms with Crippen LogP contribution < -0.4 is 4.74 Å². The highest BCUT2D eigenvalue weighted by atomic mass is 16.5. The number of aromatic nitrogens is 1. The van der Waals surface area contributed by atoms with Crippen LogP contribution in [0.25, 0.3) is 22.0 Å². The Kier molecular flexibility index (Phi) is 3.37. The van der Waals surface area contributed by atoms with Crippen molar-refractivity contribution in [3.8, 4) is 16.9 Å². The maximum absolute atomic E-state index is 11.3. The molecule has 0 radical (unpaired) electrons. The highest BCUT2D eigenvalue weighted by molar-refractivity contribution is 6.01. The lowest BCUT2D eigenvalue weighted by Crippen LogP contribution is -1.98. The van der Waals surface area contributed by atoms with Gasteiger partial charge in [0, 0.05) is 34.8 Å². The van der Waals surface area contributed by atoms with E-state index in [1.165, 1.54) is 0 Å². The van der Waals surface area contributed by atoms with Gasteiger partial charge in [-0.2, -0.15) is 0 Å². The summed E-state index contributed by atoms with van der Waals surface area (Å²) in [6, 6.07) is 13.0. The molecular formula is C18H17NO3. The standard InChI is InChI=1S/C18H17NO3/c1-11-17(13-6-4-5-7-15(13)19(11)2)14-10-12(18(20)21)8-9-16(14)22-3/h4-10H,1-3H3,(H,20,21). The fraction of sp³-hybridized carbons (Fsp3) is 0.167. The van der Waals surface area contributed by atoms with Gasteiger partial charge >= 0.3 is 5.97 Å². The SMILES string of the molecule is COc1ccc(C(=O)O)cc1-c1c(C)n(C)c2ccccc12. The molecule has 0 aliphatic rings. The first kappa shape index (κ1) is 14.2. The summed E-state index contributed by atoms with van der Waals surface area (Å²) in [5.74, 6) is -0.272. The molecule has 3 aromatic rings. The average Bonchev–Trinajstić information content (AvgIpc) is 2.78. The number of aromatic carboxylic acids is 1. The fourth-order valence-corrected chi connectivity index (χ4v) is 2.90. The van der Waals surface area contributed by atoms with E-state index in [0.29, 0.717) is 5.75 Å². The number of nitrogens with zero attached hydrogens (tertiary/aromatic N) is 1. The van der Waals surface area contributed by atoms with Crippen LogP contribution in [-0.2, 0) is 7.05 Å². The van der Waals surface area contributed by atoms with Crippen molar-refractivity contribution in [2.75, 3.05) is 7.11 Å². The Balaban J connectivity index is 2.38. The average molecular weight is 295 g/mol. The molecule has 2 aromatic carbocycles. The molecule has 0 amide bonds. The number of carboxylic acids is 1. The minimum absolute atomic E-state index is 0.253. The van der Waals surface area contributed by atoms with Crippen molar-refractivity contribution in [2.45, 2.75) is 6.92 Å². The molecule has 0 aliphatic heterocycles. The van der Waals surface area contributed by atoms with Gasteiger partial charge in [0.05, 0.1) is 12.7 Å². The van der Waals surface area contributed by atoms with Crippen molar-refractivity contribution in [2.24, 2.45) is 7.05 Å². The van der Waals surface area contributed by atoms with E-state index in [1.54, 1.807) is 25.3 Å². The van der Waals surface area contributed by atoms with Crippen LogP contribution in [0.1, 0.15) is 16.1 Å². The van der Waals surface area contributed by atoms with Crippen LogP contribution in [-0.4, -0.2) is 22.8 Å². The first-order valence-electron chi connectivity index (χ1n) is 7.00. The van der Waals surface area contributed by atoms with Crippen molar-refractivity contribution in [3.63, 3.8) is 0 Å². The van der Waals surface area contributed by atoms with Crippen LogP contribution in [0.5, 0.6) is 5.75 Å². The highest BCUT2D eigenvalue weighted by Crippen LogP contribution is 2.39. The molecule has 1 N–H and O–H groups in total. The number of para-hydroxylation sites is 1. The van der Waals surface area contributed by atoms with Gasteiger partial charge in [-0.15, -0.1) is 0 Å². The number of ether oxygens (including phenoxy) is 1. The largest absolute Gasteiger partial charge is 0.496 e. The summed E-state index contributed by atoms with van der Waals surface area (Å²) in [6.45, 7) is 2.03. The van der Waals surface area contributed by atoms with E-state index in [-0.39, 0.29) is 5.56 Å². The number of carbonyl (C=O) groups is 1. The lowest BCUT2D eigenvalue weighted by Gasteiger charge is -2.10. The summed E-state index contributed by atoms with van der Waals surface area (Å²) in [5, 5.41) is 10.3. The third-order valence-electron chi connectivity index (χ3n) is 4.12. The maximum Gasteiger partial charge on any atom is 0.335 e. The lowest BCUT2D eigenvalue weighted by molar-refractivity contribution is 0.0697. The molecular weight excluding hydrogens is 278 g/mol. The molecule has 0 aliphatic carbocycles. The van der Waals surface area contributed by atoms with Crippen LogP contribution >= 0.6 is 0 Å². The summed E-state index contributed by atoms with van der Waals surface area (Å²) in [5.41, 5.74) is 4.25. The Morgan fingerprint density at radius 3 is 2.59 bits per heavy atom. The number of rotatable bonds is 3. The molecule has 0 saturated carbocycles. The molecule has 0 saturated heterocycles. The second-order valence-corrected chi connectivity index (χ2v) is 5.26. The third kappa shape index (κ3) is 2.04. The Labute approximate surface area is 128 Å². The summed E-state index contributed by atoms with van der Waals surface area (Å²) in [6.07, 6.45) is 0. The van der Waals surface area contributed by atoms with Gasteiger partial charge in [-0.25, -0.2) is 4.79 Å². The molecule has 0 atom stereocenters. The van der Waals surface area contributed by atoms with Crippen molar-refractivity contribution in [1.82, 2.24) is 4.57 Å². The van der Waals surface area contributed by atoms with Crippen molar-refractivity contribution in [1.29, 1.82) is 0 Å². The number of methoxy groups -OCH3 is 1. The second-order valence-electron chi connectivity index (χ2n) is 5.26. The number of carboxylic acid groups (broad SMARTS) is 1. The van der Waals surface area contributed by atoms with E-state index in [4.69, 9.17) is 4.74 Å². The van der Waals surface area contributed by atoms with E-state index in [9.17, 15) is 9.90 Å². The van der Waals surface area contributed by atoms with Gasteiger partial charge in [0.15, 0.2) is 0 Å². The van der Waals surface area contributed by atoms with Crippen LogP contribution in [0.3, 0.4) is 0 Å². The first-order chi connectivity index (χ1) is 10.5. The summed E-state index contributed by atoms with van der Waals surface area (Å²) in [4.78, 5) is 11.3. The van der Waals surface area contributed by atoms with Crippen LogP contribution in [0.2, 0.25) is 0 Å². The Bertz CT molecular complexity index is 877. The van der Waals surface area contributed by atoms with Crippen LogP contribution in [0.15, 0.2) is 42.5 Å². The van der Waals surface area contributed by atoms with Crippen molar-refractivity contribution < 1.29 is 14.6 Å². The van der Waals surface area contributed by atoms with E-state index in [2.05, 4.69) is 10.6 Å². The predicted octanol–water partition coefficient (Wildman–Crippen LogP) is 3.86. The van der Waals surface area contributed by atoms with Gasteiger partial charge in [-0.3, -0.25) is 0 Å². The minimum Gasteiger partial charge on any atom is -0.496 e. The smallest absolute Gasteiger partial charge is 0.335 e. The molecule has 0 bridgehead atoms.